The maximum Gasteiger partial charge on any atom is 0.314 e. The van der Waals surface area contributed by atoms with Gasteiger partial charge < -0.3 is 14.3 Å². The predicted octanol–water partition coefficient (Wildman–Crippen LogP) is 2.74. The second kappa shape index (κ2) is 8.70. The van der Waals surface area contributed by atoms with Gasteiger partial charge >= 0.3 is 5.97 Å². The normalized spacial score (nSPS) is 21.3. The highest BCUT2D eigenvalue weighted by molar-refractivity contribution is 6.23. The average molecular weight is 431 g/mol. The molecular formula is C23H30N2O6. The third-order valence-corrected chi connectivity index (χ3v) is 6.32. The number of esters is 1. The van der Waals surface area contributed by atoms with Gasteiger partial charge in [0, 0.05) is 20.2 Å². The molecule has 0 bridgehead atoms. The van der Waals surface area contributed by atoms with Crippen LogP contribution < -0.4 is 0 Å². The van der Waals surface area contributed by atoms with Crippen LogP contribution in [0, 0.1) is 19.8 Å². The fraction of sp³-hybridized carbons (Fsp3) is 0.565. The van der Waals surface area contributed by atoms with Crippen molar-refractivity contribution in [2.24, 2.45) is 5.92 Å². The number of methoxy groups -OCH3 is 1. The van der Waals surface area contributed by atoms with E-state index in [1.165, 1.54) is 12.2 Å². The molecule has 1 amide bonds. The second-order valence-corrected chi connectivity index (χ2v) is 8.50. The standard InChI is InChI=1S/C23H30N2O6/c1-15-5-6-16(2)18(13-15)19-20(31-22(27)17-7-8-17)23(9-11-24(29-4)12-10-23)25(21(19)26)30-14-28-3/h5-6,13,17H,7-12,14H2,1-4H3. The van der Waals surface area contributed by atoms with E-state index in [4.69, 9.17) is 19.1 Å². The summed E-state index contributed by atoms with van der Waals surface area (Å²) in [7, 11) is 3.14. The van der Waals surface area contributed by atoms with Crippen molar-refractivity contribution < 1.29 is 28.7 Å². The number of rotatable bonds is 7. The molecule has 0 N–H and O–H groups in total. The average Bonchev–Trinajstić information content (AvgIpc) is 3.59. The zero-order valence-electron chi connectivity index (χ0n) is 18.6. The summed E-state index contributed by atoms with van der Waals surface area (Å²) >= 11 is 0. The van der Waals surface area contributed by atoms with Crippen LogP contribution in [0.25, 0.3) is 5.57 Å². The molecule has 4 rings (SSSR count). The van der Waals surface area contributed by atoms with Gasteiger partial charge in [-0.1, -0.05) is 23.8 Å². The number of aryl methyl sites for hydroxylation is 2. The van der Waals surface area contributed by atoms with Gasteiger partial charge in [0.25, 0.3) is 5.91 Å². The van der Waals surface area contributed by atoms with Crippen molar-refractivity contribution in [2.45, 2.75) is 45.1 Å². The van der Waals surface area contributed by atoms with Gasteiger partial charge in [0.15, 0.2) is 6.79 Å². The zero-order chi connectivity index (χ0) is 22.2. The number of hydrogen-bond donors (Lipinski definition) is 0. The fourth-order valence-electron chi connectivity index (χ4n) is 4.37. The van der Waals surface area contributed by atoms with Crippen LogP contribution in [0.5, 0.6) is 0 Å². The van der Waals surface area contributed by atoms with E-state index < -0.39 is 5.54 Å². The van der Waals surface area contributed by atoms with Crippen molar-refractivity contribution in [1.82, 2.24) is 10.1 Å². The topological polar surface area (TPSA) is 77.5 Å². The van der Waals surface area contributed by atoms with Gasteiger partial charge in [0.1, 0.15) is 11.3 Å². The first-order valence-corrected chi connectivity index (χ1v) is 10.7. The highest BCUT2D eigenvalue weighted by atomic mass is 16.8. The molecule has 0 aromatic heterocycles. The van der Waals surface area contributed by atoms with Crippen LogP contribution in [0.1, 0.15) is 42.4 Å². The SMILES string of the molecule is COCON1C(=O)C(c2cc(C)ccc2C)=C(OC(=O)C2CC2)C12CCN(OC)CC2. The molecule has 168 valence electrons. The molecule has 1 saturated carbocycles. The van der Waals surface area contributed by atoms with E-state index in [1.54, 1.807) is 7.11 Å². The Kier molecular flexibility index (Phi) is 6.16. The molecule has 0 atom stereocenters. The number of piperidine rings is 1. The molecule has 0 unspecified atom stereocenters. The van der Waals surface area contributed by atoms with Gasteiger partial charge in [0.2, 0.25) is 0 Å². The summed E-state index contributed by atoms with van der Waals surface area (Å²) in [5, 5.41) is 3.20. The van der Waals surface area contributed by atoms with E-state index in [-0.39, 0.29) is 24.6 Å². The lowest BCUT2D eigenvalue weighted by molar-refractivity contribution is -0.260. The predicted molar refractivity (Wildman–Crippen MR) is 112 cm³/mol. The van der Waals surface area contributed by atoms with Crippen molar-refractivity contribution in [2.75, 3.05) is 34.1 Å². The summed E-state index contributed by atoms with van der Waals surface area (Å²) < 4.78 is 11.1. The molecule has 1 aromatic rings. The second-order valence-electron chi connectivity index (χ2n) is 8.50. The van der Waals surface area contributed by atoms with Gasteiger partial charge in [-0.2, -0.15) is 5.06 Å². The summed E-state index contributed by atoms with van der Waals surface area (Å²) in [6.07, 6.45) is 2.68. The quantitative estimate of drug-likeness (QED) is 0.486. The molecule has 3 aliphatic rings. The van der Waals surface area contributed by atoms with Crippen LogP contribution >= 0.6 is 0 Å². The van der Waals surface area contributed by atoms with E-state index in [0.29, 0.717) is 37.3 Å². The Balaban J connectivity index is 1.84. The minimum absolute atomic E-state index is 0.0780. The third kappa shape index (κ3) is 4.01. The molecule has 2 aliphatic heterocycles. The van der Waals surface area contributed by atoms with Gasteiger partial charge in [0.05, 0.1) is 18.6 Å². The zero-order valence-corrected chi connectivity index (χ0v) is 18.6. The lowest BCUT2D eigenvalue weighted by Crippen LogP contribution is -2.55. The third-order valence-electron chi connectivity index (χ3n) is 6.32. The van der Waals surface area contributed by atoms with Gasteiger partial charge in [-0.15, -0.1) is 0 Å². The highest BCUT2D eigenvalue weighted by Crippen LogP contribution is 2.48. The molecule has 2 heterocycles. The smallest absolute Gasteiger partial charge is 0.314 e. The van der Waals surface area contributed by atoms with Crippen molar-refractivity contribution in [1.29, 1.82) is 0 Å². The Morgan fingerprint density at radius 3 is 2.48 bits per heavy atom. The van der Waals surface area contributed by atoms with Crippen LogP contribution in [-0.2, 0) is 28.7 Å². The van der Waals surface area contributed by atoms with E-state index in [2.05, 4.69) is 0 Å². The Hall–Kier alpha value is -2.26. The van der Waals surface area contributed by atoms with Gasteiger partial charge in [-0.05, 0) is 50.7 Å². The first-order chi connectivity index (χ1) is 14.9. The lowest BCUT2D eigenvalue weighted by atomic mass is 9.85. The van der Waals surface area contributed by atoms with E-state index in [1.807, 2.05) is 37.1 Å². The molecule has 1 spiro atoms. The van der Waals surface area contributed by atoms with E-state index in [9.17, 15) is 9.59 Å². The molecule has 1 aliphatic carbocycles. The monoisotopic (exact) mass is 430 g/mol. The highest BCUT2D eigenvalue weighted by Gasteiger charge is 2.57. The molecule has 1 saturated heterocycles. The number of benzene rings is 1. The summed E-state index contributed by atoms with van der Waals surface area (Å²) in [6, 6.07) is 5.94. The number of carbonyl (C=O) groups is 2. The number of hydrogen-bond acceptors (Lipinski definition) is 7. The summed E-state index contributed by atoms with van der Waals surface area (Å²) in [5.74, 6) is -0.273. The number of ether oxygens (including phenoxy) is 2. The summed E-state index contributed by atoms with van der Waals surface area (Å²) in [6.45, 7) is 4.99. The maximum atomic E-state index is 13.7. The van der Waals surface area contributed by atoms with Crippen LogP contribution in [0.4, 0.5) is 0 Å². The molecule has 2 fully saturated rings. The Morgan fingerprint density at radius 1 is 1.16 bits per heavy atom. The molecule has 8 nitrogen and oxygen atoms in total. The number of carbonyl (C=O) groups excluding carboxylic acids is 2. The number of amides is 1. The van der Waals surface area contributed by atoms with Crippen LogP contribution in [0.2, 0.25) is 0 Å². The van der Waals surface area contributed by atoms with E-state index in [0.717, 1.165) is 29.5 Å². The largest absolute Gasteiger partial charge is 0.427 e. The Bertz CT molecular complexity index is 899. The van der Waals surface area contributed by atoms with Crippen LogP contribution in [-0.4, -0.2) is 61.6 Å². The van der Waals surface area contributed by atoms with Crippen molar-refractivity contribution in [3.05, 3.63) is 40.6 Å². The first kappa shape index (κ1) is 22.0. The molecular weight excluding hydrogens is 400 g/mol. The minimum Gasteiger partial charge on any atom is -0.427 e. The molecule has 8 heteroatoms. The summed E-state index contributed by atoms with van der Waals surface area (Å²) in [4.78, 5) is 37.7. The lowest BCUT2D eigenvalue weighted by Gasteiger charge is -2.43. The number of hydroxylamine groups is 4. The summed E-state index contributed by atoms with van der Waals surface area (Å²) in [5.41, 5.74) is 2.24. The maximum absolute atomic E-state index is 13.7. The fourth-order valence-corrected chi connectivity index (χ4v) is 4.37. The molecule has 1 aromatic carbocycles. The Labute approximate surface area is 182 Å². The van der Waals surface area contributed by atoms with Gasteiger partial charge in [-0.25, -0.2) is 9.90 Å². The van der Waals surface area contributed by atoms with Crippen molar-refractivity contribution in [3.63, 3.8) is 0 Å². The van der Waals surface area contributed by atoms with Crippen LogP contribution in [0.3, 0.4) is 0 Å². The Morgan fingerprint density at radius 2 is 1.87 bits per heavy atom. The van der Waals surface area contributed by atoms with Crippen LogP contribution in [0.15, 0.2) is 24.0 Å². The van der Waals surface area contributed by atoms with Crippen molar-refractivity contribution in [3.8, 4) is 0 Å². The van der Waals surface area contributed by atoms with E-state index >= 15 is 0 Å². The van der Waals surface area contributed by atoms with Gasteiger partial charge in [-0.3, -0.25) is 9.59 Å². The molecule has 0 radical (unpaired) electrons. The first-order valence-electron chi connectivity index (χ1n) is 10.7. The number of nitrogens with zero attached hydrogens (tertiary/aromatic N) is 2. The van der Waals surface area contributed by atoms with Crippen molar-refractivity contribution >= 4 is 17.4 Å². The molecule has 31 heavy (non-hydrogen) atoms. The minimum atomic E-state index is -0.888.